The number of aryl methyl sites for hydroxylation is 1. The van der Waals surface area contributed by atoms with Crippen LogP contribution in [0, 0.1) is 0 Å². The lowest BCUT2D eigenvalue weighted by Gasteiger charge is -2.33. The Morgan fingerprint density at radius 2 is 2.17 bits per heavy atom. The average molecular weight is 414 g/mol. The van der Waals surface area contributed by atoms with E-state index in [4.69, 9.17) is 4.98 Å². The van der Waals surface area contributed by atoms with Crippen molar-refractivity contribution < 1.29 is 13.6 Å². The lowest BCUT2D eigenvalue weighted by atomic mass is 10.0. The minimum absolute atomic E-state index is 0.0902. The number of nitrogens with one attached hydrogen (secondary N) is 1. The first-order chi connectivity index (χ1) is 14.0. The molecule has 148 valence electrons. The van der Waals surface area contributed by atoms with E-state index in [-0.39, 0.29) is 5.56 Å². The Morgan fingerprint density at radius 1 is 1.34 bits per heavy atom. The van der Waals surface area contributed by atoms with Crippen LogP contribution < -0.4 is 0 Å². The SMILES string of the molecule is Cn1cc(C(=O)N2CCc3[nH]cnc3[C@H]2c2nc3ccccc3s2)c(C(F)F)n1. The van der Waals surface area contributed by atoms with Gasteiger partial charge < -0.3 is 9.88 Å². The van der Waals surface area contributed by atoms with Gasteiger partial charge in [-0.2, -0.15) is 5.10 Å². The molecule has 4 heterocycles. The van der Waals surface area contributed by atoms with Crippen molar-refractivity contribution >= 4 is 27.5 Å². The molecule has 0 saturated carbocycles. The average Bonchev–Trinajstić information content (AvgIpc) is 3.43. The summed E-state index contributed by atoms with van der Waals surface area (Å²) in [5.41, 5.74) is 1.86. The van der Waals surface area contributed by atoms with Crippen LogP contribution in [0.3, 0.4) is 0 Å². The van der Waals surface area contributed by atoms with Crippen LogP contribution in [0.15, 0.2) is 36.8 Å². The number of benzene rings is 1. The number of para-hydroxylation sites is 1. The quantitative estimate of drug-likeness (QED) is 0.557. The number of aromatic amines is 1. The van der Waals surface area contributed by atoms with E-state index in [1.807, 2.05) is 24.3 Å². The van der Waals surface area contributed by atoms with Crippen LogP contribution in [0.4, 0.5) is 8.78 Å². The molecule has 0 spiro atoms. The zero-order valence-corrected chi connectivity index (χ0v) is 16.2. The van der Waals surface area contributed by atoms with Gasteiger partial charge in [-0.25, -0.2) is 18.7 Å². The van der Waals surface area contributed by atoms with E-state index in [0.29, 0.717) is 23.7 Å². The van der Waals surface area contributed by atoms with Gasteiger partial charge in [-0.05, 0) is 12.1 Å². The minimum Gasteiger partial charge on any atom is -0.348 e. The Labute approximate surface area is 168 Å². The van der Waals surface area contributed by atoms with E-state index < -0.39 is 24.1 Å². The number of nitrogens with zero attached hydrogens (tertiary/aromatic N) is 5. The number of alkyl halides is 2. The molecular weight excluding hydrogens is 398 g/mol. The summed E-state index contributed by atoms with van der Waals surface area (Å²) >= 11 is 1.47. The molecule has 29 heavy (non-hydrogen) atoms. The van der Waals surface area contributed by atoms with E-state index >= 15 is 0 Å². The van der Waals surface area contributed by atoms with E-state index in [0.717, 1.165) is 15.9 Å². The number of rotatable bonds is 3. The molecule has 0 unspecified atom stereocenters. The van der Waals surface area contributed by atoms with Crippen molar-refractivity contribution in [3.8, 4) is 0 Å². The lowest BCUT2D eigenvalue weighted by molar-refractivity contribution is 0.0678. The van der Waals surface area contributed by atoms with Gasteiger partial charge in [-0.15, -0.1) is 11.3 Å². The van der Waals surface area contributed by atoms with Gasteiger partial charge in [0, 0.05) is 31.9 Å². The highest BCUT2D eigenvalue weighted by molar-refractivity contribution is 7.18. The summed E-state index contributed by atoms with van der Waals surface area (Å²) in [6.45, 7) is 0.367. The fourth-order valence-corrected chi connectivity index (χ4v) is 4.82. The number of carbonyl (C=O) groups excluding carboxylic acids is 1. The summed E-state index contributed by atoms with van der Waals surface area (Å²) in [6.07, 6.45) is 0.668. The van der Waals surface area contributed by atoms with Gasteiger partial charge in [0.05, 0.1) is 27.8 Å². The second kappa shape index (κ2) is 6.73. The molecule has 1 aromatic carbocycles. The number of hydrogen-bond donors (Lipinski definition) is 1. The summed E-state index contributed by atoms with van der Waals surface area (Å²) in [5.74, 6) is -0.494. The first-order valence-corrected chi connectivity index (χ1v) is 9.85. The summed E-state index contributed by atoms with van der Waals surface area (Å²) in [6, 6.07) is 7.16. The summed E-state index contributed by atoms with van der Waals surface area (Å²) in [4.78, 5) is 27.2. The van der Waals surface area contributed by atoms with Crippen LogP contribution in [0.25, 0.3) is 10.2 Å². The topological polar surface area (TPSA) is 79.7 Å². The summed E-state index contributed by atoms with van der Waals surface area (Å²) in [5, 5.41) is 4.48. The van der Waals surface area contributed by atoms with Crippen molar-refractivity contribution in [2.75, 3.05) is 6.54 Å². The number of fused-ring (bicyclic) bond motifs is 2. The largest absolute Gasteiger partial charge is 0.348 e. The second-order valence-electron chi connectivity index (χ2n) is 6.84. The molecule has 0 bridgehead atoms. The first-order valence-electron chi connectivity index (χ1n) is 9.03. The molecule has 1 aliphatic rings. The molecule has 4 aromatic rings. The van der Waals surface area contributed by atoms with Crippen molar-refractivity contribution in [3.05, 3.63) is 64.4 Å². The predicted molar refractivity (Wildman–Crippen MR) is 103 cm³/mol. The molecule has 10 heteroatoms. The Balaban J connectivity index is 1.62. The number of thiazole rings is 1. The van der Waals surface area contributed by atoms with Gasteiger partial charge in [-0.3, -0.25) is 9.48 Å². The normalized spacial score (nSPS) is 16.6. The molecule has 5 rings (SSSR count). The maximum Gasteiger partial charge on any atom is 0.282 e. The number of H-pyrrole nitrogens is 1. The molecule has 1 amide bonds. The van der Waals surface area contributed by atoms with Gasteiger partial charge in [0.15, 0.2) is 0 Å². The minimum atomic E-state index is -2.83. The first kappa shape index (κ1) is 17.9. The fraction of sp³-hybridized carbons (Fsp3) is 0.263. The van der Waals surface area contributed by atoms with Gasteiger partial charge in [0.2, 0.25) is 0 Å². The Hall–Kier alpha value is -3.14. The third kappa shape index (κ3) is 2.91. The number of carbonyl (C=O) groups is 1. The second-order valence-corrected chi connectivity index (χ2v) is 7.90. The zero-order chi connectivity index (χ0) is 20.1. The van der Waals surface area contributed by atoms with E-state index in [1.54, 1.807) is 11.2 Å². The summed E-state index contributed by atoms with van der Waals surface area (Å²) in [7, 11) is 1.52. The number of aromatic nitrogens is 5. The Morgan fingerprint density at radius 3 is 2.97 bits per heavy atom. The zero-order valence-electron chi connectivity index (χ0n) is 15.3. The van der Waals surface area contributed by atoms with Crippen LogP contribution in [0.2, 0.25) is 0 Å². The molecule has 1 aliphatic heterocycles. The van der Waals surface area contributed by atoms with Crippen molar-refractivity contribution in [3.63, 3.8) is 0 Å². The number of halogens is 2. The molecule has 7 nitrogen and oxygen atoms in total. The number of imidazole rings is 1. The third-order valence-electron chi connectivity index (χ3n) is 5.02. The maximum absolute atomic E-state index is 13.4. The molecular formula is C19H16F2N6OS. The number of hydrogen-bond acceptors (Lipinski definition) is 5. The number of amides is 1. The van der Waals surface area contributed by atoms with Crippen molar-refractivity contribution in [2.45, 2.75) is 18.9 Å². The van der Waals surface area contributed by atoms with Crippen molar-refractivity contribution in [2.24, 2.45) is 7.05 Å². The molecule has 3 aromatic heterocycles. The monoisotopic (exact) mass is 414 g/mol. The highest BCUT2D eigenvalue weighted by Gasteiger charge is 2.38. The van der Waals surface area contributed by atoms with Gasteiger partial charge >= 0.3 is 0 Å². The van der Waals surface area contributed by atoms with Crippen LogP contribution >= 0.6 is 11.3 Å². The van der Waals surface area contributed by atoms with E-state index in [2.05, 4.69) is 15.1 Å². The molecule has 0 aliphatic carbocycles. The molecule has 0 radical (unpaired) electrons. The molecule has 0 saturated heterocycles. The molecule has 1 atom stereocenters. The van der Waals surface area contributed by atoms with E-state index in [1.165, 1.54) is 29.3 Å². The van der Waals surface area contributed by atoms with Gasteiger partial charge in [-0.1, -0.05) is 12.1 Å². The van der Waals surface area contributed by atoms with Crippen molar-refractivity contribution in [1.82, 2.24) is 29.6 Å². The standard InChI is InChI=1S/C19H16F2N6OS/c1-26-8-10(14(25-26)17(20)21)19(28)27-7-6-12-15(23-9-22-12)16(27)18-24-11-4-2-3-5-13(11)29-18/h2-5,8-9,16-17H,6-7H2,1H3,(H,22,23)/t16-/m0/s1. The van der Waals surface area contributed by atoms with Crippen LogP contribution in [0.5, 0.6) is 0 Å². The van der Waals surface area contributed by atoms with Crippen molar-refractivity contribution in [1.29, 1.82) is 0 Å². The third-order valence-corrected chi connectivity index (χ3v) is 6.11. The lowest BCUT2D eigenvalue weighted by Crippen LogP contribution is -2.41. The Kier molecular flexibility index (Phi) is 4.16. The highest BCUT2D eigenvalue weighted by Crippen LogP contribution is 2.38. The van der Waals surface area contributed by atoms with Crippen LogP contribution in [0.1, 0.15) is 44.9 Å². The fourth-order valence-electron chi connectivity index (χ4n) is 3.74. The smallest absolute Gasteiger partial charge is 0.282 e. The van der Waals surface area contributed by atoms with E-state index in [9.17, 15) is 13.6 Å². The maximum atomic E-state index is 13.4. The molecule has 0 fully saturated rings. The predicted octanol–water partition coefficient (Wildman–Crippen LogP) is 3.48. The van der Waals surface area contributed by atoms with Gasteiger partial charge in [0.25, 0.3) is 12.3 Å². The van der Waals surface area contributed by atoms with Crippen LogP contribution in [-0.4, -0.2) is 42.1 Å². The van der Waals surface area contributed by atoms with Gasteiger partial charge in [0.1, 0.15) is 16.7 Å². The Bertz CT molecular complexity index is 1180. The van der Waals surface area contributed by atoms with Crippen LogP contribution in [-0.2, 0) is 13.5 Å². The molecule has 1 N–H and O–H groups in total. The summed E-state index contributed by atoms with van der Waals surface area (Å²) < 4.78 is 29.1. The highest BCUT2D eigenvalue weighted by atomic mass is 32.1.